The molecule has 3 aromatic carbocycles. The third kappa shape index (κ3) is 4.22. The van der Waals surface area contributed by atoms with Crippen LogP contribution in [0.25, 0.3) is 6.08 Å². The first-order valence-electron chi connectivity index (χ1n) is 9.70. The Hall–Kier alpha value is -3.64. The fourth-order valence-corrected chi connectivity index (χ4v) is 3.59. The number of hydrogen-bond donors (Lipinski definition) is 0. The Morgan fingerprint density at radius 1 is 1.16 bits per heavy atom. The van der Waals surface area contributed by atoms with E-state index in [4.69, 9.17) is 21.1 Å². The van der Waals surface area contributed by atoms with Gasteiger partial charge in [-0.05, 0) is 54.5 Å². The van der Waals surface area contributed by atoms with Gasteiger partial charge in [0.1, 0.15) is 23.9 Å². The number of fused-ring (bicyclic) bond motifs is 1. The molecule has 7 heteroatoms. The van der Waals surface area contributed by atoms with Crippen molar-refractivity contribution >= 4 is 29.4 Å². The van der Waals surface area contributed by atoms with E-state index in [9.17, 15) is 14.0 Å². The Morgan fingerprint density at radius 2 is 1.91 bits per heavy atom. The van der Waals surface area contributed by atoms with Gasteiger partial charge < -0.3 is 14.2 Å². The van der Waals surface area contributed by atoms with Gasteiger partial charge in [0.05, 0.1) is 23.3 Å². The molecule has 0 radical (unpaired) electrons. The number of carbonyl (C=O) groups excluding carboxylic acids is 2. The van der Waals surface area contributed by atoms with Crippen LogP contribution in [-0.2, 0) is 11.3 Å². The zero-order valence-corrected chi connectivity index (χ0v) is 18.0. The number of Topliss-reactive ketones (excluding diaryl/α,β-unsaturated/α-hetero) is 1. The summed E-state index contributed by atoms with van der Waals surface area (Å²) in [7, 11) is 1.31. The van der Waals surface area contributed by atoms with Gasteiger partial charge in [-0.3, -0.25) is 4.79 Å². The molecule has 1 aliphatic rings. The monoisotopic (exact) mass is 452 g/mol. The normalized spacial score (nSPS) is 13.6. The SMILES string of the molecule is COC(=O)c1ccc(/C=C2\Oc3cc(OCc4c(F)cccc4Cl)cc(C)c3C2=O)cc1. The lowest BCUT2D eigenvalue weighted by atomic mass is 10.0. The van der Waals surface area contributed by atoms with Crippen molar-refractivity contribution in [3.8, 4) is 11.5 Å². The molecule has 1 heterocycles. The van der Waals surface area contributed by atoms with E-state index in [0.717, 1.165) is 0 Å². The average molecular weight is 453 g/mol. The van der Waals surface area contributed by atoms with Crippen LogP contribution in [0.3, 0.4) is 0 Å². The van der Waals surface area contributed by atoms with Crippen LogP contribution >= 0.6 is 11.6 Å². The number of ether oxygens (including phenoxy) is 3. The zero-order valence-electron chi connectivity index (χ0n) is 17.3. The van der Waals surface area contributed by atoms with Crippen LogP contribution < -0.4 is 9.47 Å². The van der Waals surface area contributed by atoms with E-state index in [2.05, 4.69) is 4.74 Å². The maximum Gasteiger partial charge on any atom is 0.337 e. The van der Waals surface area contributed by atoms with Crippen molar-refractivity contribution in [3.05, 3.63) is 99.0 Å². The van der Waals surface area contributed by atoms with Gasteiger partial charge in [-0.25, -0.2) is 9.18 Å². The largest absolute Gasteiger partial charge is 0.489 e. The fraction of sp³-hybridized carbons (Fsp3) is 0.120. The predicted octanol–water partition coefficient (Wildman–Crippen LogP) is 5.77. The summed E-state index contributed by atoms with van der Waals surface area (Å²) in [6, 6.07) is 14.3. The standard InChI is InChI=1S/C25H18ClFO5/c1-14-10-17(31-13-18-19(26)4-3-5-20(18)27)12-21-23(14)24(28)22(32-21)11-15-6-8-16(9-7-15)25(29)30-2/h3-12H,13H2,1-2H3/b22-11-. The van der Waals surface area contributed by atoms with E-state index < -0.39 is 11.8 Å². The molecule has 0 saturated carbocycles. The lowest BCUT2D eigenvalue weighted by Gasteiger charge is -2.11. The molecular formula is C25H18ClFO5. The second-order valence-electron chi connectivity index (χ2n) is 7.16. The summed E-state index contributed by atoms with van der Waals surface area (Å²) < 4.78 is 30.2. The van der Waals surface area contributed by atoms with Gasteiger partial charge in [0.2, 0.25) is 5.78 Å². The lowest BCUT2D eigenvalue weighted by Crippen LogP contribution is -2.02. The molecule has 0 saturated heterocycles. The zero-order chi connectivity index (χ0) is 22.8. The number of allylic oxidation sites excluding steroid dienone is 1. The van der Waals surface area contributed by atoms with Crippen LogP contribution in [0, 0.1) is 12.7 Å². The van der Waals surface area contributed by atoms with Crippen molar-refractivity contribution in [1.29, 1.82) is 0 Å². The summed E-state index contributed by atoms with van der Waals surface area (Å²) in [5, 5.41) is 0.276. The first kappa shape index (κ1) is 21.6. The van der Waals surface area contributed by atoms with Crippen molar-refractivity contribution in [2.75, 3.05) is 7.11 Å². The Kier molecular flexibility index (Phi) is 5.97. The Bertz CT molecular complexity index is 1230. The van der Waals surface area contributed by atoms with Crippen molar-refractivity contribution in [2.24, 2.45) is 0 Å². The molecule has 32 heavy (non-hydrogen) atoms. The molecule has 0 N–H and O–H groups in total. The number of ketones is 1. The highest BCUT2D eigenvalue weighted by atomic mass is 35.5. The number of benzene rings is 3. The topological polar surface area (TPSA) is 61.8 Å². The highest BCUT2D eigenvalue weighted by Gasteiger charge is 2.30. The molecular weight excluding hydrogens is 435 g/mol. The summed E-state index contributed by atoms with van der Waals surface area (Å²) in [6.07, 6.45) is 1.60. The molecule has 0 aliphatic carbocycles. The maximum absolute atomic E-state index is 14.0. The minimum absolute atomic E-state index is 0.0626. The Morgan fingerprint density at radius 3 is 2.59 bits per heavy atom. The quantitative estimate of drug-likeness (QED) is 0.363. The van der Waals surface area contributed by atoms with Crippen LogP contribution in [0.4, 0.5) is 4.39 Å². The molecule has 1 aliphatic heterocycles. The first-order chi connectivity index (χ1) is 15.4. The van der Waals surface area contributed by atoms with Crippen LogP contribution in [0.15, 0.2) is 60.4 Å². The summed E-state index contributed by atoms with van der Waals surface area (Å²) in [4.78, 5) is 24.4. The molecule has 3 aromatic rings. The summed E-state index contributed by atoms with van der Waals surface area (Å²) in [5.41, 5.74) is 2.46. The number of aryl methyl sites for hydroxylation is 1. The lowest BCUT2D eigenvalue weighted by molar-refractivity contribution is 0.0600. The van der Waals surface area contributed by atoms with E-state index in [0.29, 0.717) is 33.8 Å². The van der Waals surface area contributed by atoms with Gasteiger partial charge in [0, 0.05) is 11.6 Å². The molecule has 0 atom stereocenters. The Balaban J connectivity index is 1.55. The van der Waals surface area contributed by atoms with Crippen LogP contribution in [0.5, 0.6) is 11.5 Å². The maximum atomic E-state index is 14.0. The van der Waals surface area contributed by atoms with Gasteiger partial charge >= 0.3 is 5.97 Å². The van der Waals surface area contributed by atoms with Gasteiger partial charge in [-0.1, -0.05) is 29.8 Å². The number of methoxy groups -OCH3 is 1. The molecule has 0 unspecified atom stereocenters. The van der Waals surface area contributed by atoms with E-state index in [1.165, 1.54) is 19.2 Å². The highest BCUT2D eigenvalue weighted by Crippen LogP contribution is 2.38. The van der Waals surface area contributed by atoms with Gasteiger partial charge in [0.15, 0.2) is 5.76 Å². The average Bonchev–Trinajstić information content (AvgIpc) is 3.09. The van der Waals surface area contributed by atoms with Gasteiger partial charge in [0.25, 0.3) is 0 Å². The Labute approximate surface area is 189 Å². The predicted molar refractivity (Wildman–Crippen MR) is 118 cm³/mol. The van der Waals surface area contributed by atoms with Gasteiger partial charge in [-0.2, -0.15) is 0 Å². The molecule has 0 aromatic heterocycles. The molecule has 0 fully saturated rings. The van der Waals surface area contributed by atoms with Crippen molar-refractivity contribution in [1.82, 2.24) is 0 Å². The van der Waals surface area contributed by atoms with Crippen molar-refractivity contribution in [3.63, 3.8) is 0 Å². The molecule has 4 rings (SSSR count). The summed E-state index contributed by atoms with van der Waals surface area (Å²) >= 11 is 6.05. The molecule has 162 valence electrons. The van der Waals surface area contributed by atoms with Crippen molar-refractivity contribution < 1.29 is 28.2 Å². The third-order valence-electron chi connectivity index (χ3n) is 5.02. The molecule has 0 amide bonds. The second-order valence-corrected chi connectivity index (χ2v) is 7.56. The third-order valence-corrected chi connectivity index (χ3v) is 5.37. The fourth-order valence-electron chi connectivity index (χ4n) is 3.37. The number of rotatable bonds is 5. The molecule has 0 spiro atoms. The number of carbonyl (C=O) groups is 2. The van der Waals surface area contributed by atoms with Crippen molar-refractivity contribution in [2.45, 2.75) is 13.5 Å². The second kappa shape index (κ2) is 8.85. The number of hydrogen-bond acceptors (Lipinski definition) is 5. The molecule has 0 bridgehead atoms. The smallest absolute Gasteiger partial charge is 0.337 e. The van der Waals surface area contributed by atoms with Crippen LogP contribution in [-0.4, -0.2) is 18.9 Å². The minimum atomic E-state index is -0.453. The van der Waals surface area contributed by atoms with E-state index in [1.54, 1.807) is 55.5 Å². The van der Waals surface area contributed by atoms with E-state index in [1.807, 2.05) is 0 Å². The highest BCUT2D eigenvalue weighted by molar-refractivity contribution is 6.31. The summed E-state index contributed by atoms with van der Waals surface area (Å²) in [5.74, 6) is -0.199. The van der Waals surface area contributed by atoms with E-state index >= 15 is 0 Å². The minimum Gasteiger partial charge on any atom is -0.489 e. The number of halogens is 2. The summed E-state index contributed by atoms with van der Waals surface area (Å²) in [6.45, 7) is 1.71. The first-order valence-corrected chi connectivity index (χ1v) is 10.1. The number of esters is 1. The molecule has 5 nitrogen and oxygen atoms in total. The van der Waals surface area contributed by atoms with Crippen LogP contribution in [0.1, 0.15) is 37.4 Å². The van der Waals surface area contributed by atoms with Gasteiger partial charge in [-0.15, -0.1) is 0 Å². The van der Waals surface area contributed by atoms with Crippen LogP contribution in [0.2, 0.25) is 5.02 Å². The van der Waals surface area contributed by atoms with E-state index in [-0.39, 0.29) is 28.7 Å².